The van der Waals surface area contributed by atoms with Gasteiger partial charge in [0.05, 0.1) is 4.90 Å². The Kier molecular flexibility index (Phi) is 6.85. The standard InChI is InChI=1S/C20H22F3N3O4S/c1-15-5-7-16(8-6-15)31(28,29)26-11-3-10-25(12-13-26)19(27)17-4-2-9-24-18(17)30-14-20(21,22)23/h2,4-9H,3,10-14H2,1H3. The molecule has 0 bridgehead atoms. The fourth-order valence-corrected chi connectivity index (χ4v) is 4.66. The van der Waals surface area contributed by atoms with Crippen LogP contribution in [0.25, 0.3) is 0 Å². The molecule has 0 saturated carbocycles. The molecule has 1 saturated heterocycles. The summed E-state index contributed by atoms with van der Waals surface area (Å²) in [5.41, 5.74) is 0.841. The van der Waals surface area contributed by atoms with Crippen LogP contribution in [-0.4, -0.2) is 67.5 Å². The fraction of sp³-hybridized carbons (Fsp3) is 0.400. The van der Waals surface area contributed by atoms with Crippen molar-refractivity contribution in [3.63, 3.8) is 0 Å². The molecule has 0 atom stereocenters. The summed E-state index contributed by atoms with van der Waals surface area (Å²) in [7, 11) is -3.72. The number of hydrogen-bond acceptors (Lipinski definition) is 5. The molecular weight excluding hydrogens is 435 g/mol. The van der Waals surface area contributed by atoms with E-state index in [4.69, 9.17) is 4.74 Å². The lowest BCUT2D eigenvalue weighted by atomic mass is 10.2. The zero-order chi connectivity index (χ0) is 22.6. The number of ether oxygens (including phenoxy) is 1. The van der Waals surface area contributed by atoms with Crippen LogP contribution in [0.3, 0.4) is 0 Å². The molecule has 0 radical (unpaired) electrons. The van der Waals surface area contributed by atoms with Crippen molar-refractivity contribution in [2.24, 2.45) is 0 Å². The van der Waals surface area contributed by atoms with E-state index in [2.05, 4.69) is 4.98 Å². The number of amides is 1. The Morgan fingerprint density at radius 1 is 1.10 bits per heavy atom. The molecule has 0 unspecified atom stereocenters. The van der Waals surface area contributed by atoms with Crippen LogP contribution in [0.1, 0.15) is 22.3 Å². The zero-order valence-corrected chi connectivity index (χ0v) is 17.6. The molecule has 168 valence electrons. The van der Waals surface area contributed by atoms with Gasteiger partial charge in [-0.25, -0.2) is 13.4 Å². The summed E-state index contributed by atoms with van der Waals surface area (Å²) in [6.07, 6.45) is -2.94. The second-order valence-electron chi connectivity index (χ2n) is 7.12. The van der Waals surface area contributed by atoms with Crippen molar-refractivity contribution in [1.82, 2.24) is 14.2 Å². The minimum absolute atomic E-state index is 0.0704. The molecule has 1 fully saturated rings. The summed E-state index contributed by atoms with van der Waals surface area (Å²) in [4.78, 5) is 18.2. The number of aryl methyl sites for hydroxylation is 1. The number of aromatic nitrogens is 1. The van der Waals surface area contributed by atoms with Crippen molar-refractivity contribution < 1.29 is 31.1 Å². The lowest BCUT2D eigenvalue weighted by Crippen LogP contribution is -2.37. The molecule has 1 aromatic carbocycles. The van der Waals surface area contributed by atoms with Crippen LogP contribution in [0, 0.1) is 6.92 Å². The highest BCUT2D eigenvalue weighted by atomic mass is 32.2. The van der Waals surface area contributed by atoms with Crippen LogP contribution in [0.15, 0.2) is 47.5 Å². The molecule has 2 heterocycles. The topological polar surface area (TPSA) is 79.8 Å². The van der Waals surface area contributed by atoms with Crippen molar-refractivity contribution >= 4 is 15.9 Å². The summed E-state index contributed by atoms with van der Waals surface area (Å²) in [6.45, 7) is 0.944. The Bertz CT molecular complexity index is 1030. The second-order valence-corrected chi connectivity index (χ2v) is 9.06. The van der Waals surface area contributed by atoms with Crippen LogP contribution < -0.4 is 4.74 Å². The average Bonchev–Trinajstić information content (AvgIpc) is 2.99. The lowest BCUT2D eigenvalue weighted by molar-refractivity contribution is -0.154. The molecule has 0 spiro atoms. The van der Waals surface area contributed by atoms with Gasteiger partial charge in [-0.3, -0.25) is 4.79 Å². The van der Waals surface area contributed by atoms with Crippen LogP contribution in [0.5, 0.6) is 5.88 Å². The summed E-state index contributed by atoms with van der Waals surface area (Å²) >= 11 is 0. The van der Waals surface area contributed by atoms with Gasteiger partial charge >= 0.3 is 6.18 Å². The number of carbonyl (C=O) groups excluding carboxylic acids is 1. The third-order valence-corrected chi connectivity index (χ3v) is 6.69. The Labute approximate surface area is 178 Å². The molecular formula is C20H22F3N3O4S. The molecule has 7 nitrogen and oxygen atoms in total. The second kappa shape index (κ2) is 9.23. The van der Waals surface area contributed by atoms with Gasteiger partial charge in [0.15, 0.2) is 6.61 Å². The maximum Gasteiger partial charge on any atom is 0.422 e. The van der Waals surface area contributed by atoms with Gasteiger partial charge in [0.1, 0.15) is 5.56 Å². The number of alkyl halides is 3. The highest BCUT2D eigenvalue weighted by Crippen LogP contribution is 2.23. The van der Waals surface area contributed by atoms with E-state index >= 15 is 0 Å². The van der Waals surface area contributed by atoms with Crippen LogP contribution in [-0.2, 0) is 10.0 Å². The van der Waals surface area contributed by atoms with E-state index in [1.165, 1.54) is 27.5 Å². The first-order chi connectivity index (χ1) is 14.6. The number of rotatable bonds is 5. The predicted octanol–water partition coefficient (Wildman–Crippen LogP) is 2.87. The van der Waals surface area contributed by atoms with Gasteiger partial charge in [-0.05, 0) is 37.6 Å². The van der Waals surface area contributed by atoms with Crippen molar-refractivity contribution in [3.8, 4) is 5.88 Å². The molecule has 1 aromatic heterocycles. The van der Waals surface area contributed by atoms with Gasteiger partial charge in [0, 0.05) is 32.4 Å². The van der Waals surface area contributed by atoms with Gasteiger partial charge in [-0.2, -0.15) is 17.5 Å². The molecule has 11 heteroatoms. The maximum atomic E-state index is 12.9. The largest absolute Gasteiger partial charge is 0.467 e. The number of sulfonamides is 1. The van der Waals surface area contributed by atoms with Gasteiger partial charge in [0.2, 0.25) is 15.9 Å². The Morgan fingerprint density at radius 3 is 2.48 bits per heavy atom. The SMILES string of the molecule is Cc1ccc(S(=O)(=O)N2CCCN(C(=O)c3cccnc3OCC(F)(F)F)CC2)cc1. The average molecular weight is 457 g/mol. The van der Waals surface area contributed by atoms with Crippen LogP contribution in [0.4, 0.5) is 13.2 Å². The van der Waals surface area contributed by atoms with E-state index in [1.807, 2.05) is 6.92 Å². The van der Waals surface area contributed by atoms with E-state index in [-0.39, 0.29) is 36.6 Å². The quantitative estimate of drug-likeness (QED) is 0.690. The minimum Gasteiger partial charge on any atom is -0.467 e. The summed E-state index contributed by atoms with van der Waals surface area (Å²) in [5.74, 6) is -0.960. The first kappa shape index (κ1) is 23.0. The molecule has 31 heavy (non-hydrogen) atoms. The molecule has 1 aliphatic heterocycles. The zero-order valence-electron chi connectivity index (χ0n) is 16.8. The molecule has 3 rings (SSSR count). The Morgan fingerprint density at radius 2 is 1.81 bits per heavy atom. The maximum absolute atomic E-state index is 12.9. The van der Waals surface area contributed by atoms with Gasteiger partial charge < -0.3 is 9.64 Å². The normalized spacial score (nSPS) is 16.1. The fourth-order valence-electron chi connectivity index (χ4n) is 3.19. The van der Waals surface area contributed by atoms with Crippen LogP contribution in [0.2, 0.25) is 0 Å². The highest BCUT2D eigenvalue weighted by molar-refractivity contribution is 7.89. The Hall–Kier alpha value is -2.66. The molecule has 0 aliphatic carbocycles. The van der Waals surface area contributed by atoms with E-state index in [0.29, 0.717) is 6.42 Å². The van der Waals surface area contributed by atoms with Crippen LogP contribution >= 0.6 is 0 Å². The minimum atomic E-state index is -4.56. The lowest BCUT2D eigenvalue weighted by Gasteiger charge is -2.22. The first-order valence-electron chi connectivity index (χ1n) is 9.58. The van der Waals surface area contributed by atoms with Crippen molar-refractivity contribution in [3.05, 3.63) is 53.7 Å². The molecule has 1 aliphatic rings. The van der Waals surface area contributed by atoms with E-state index < -0.39 is 34.6 Å². The number of pyridine rings is 1. The monoisotopic (exact) mass is 457 g/mol. The Balaban J connectivity index is 1.73. The number of hydrogen-bond donors (Lipinski definition) is 0. The van der Waals surface area contributed by atoms with Gasteiger partial charge in [-0.1, -0.05) is 17.7 Å². The number of benzene rings is 1. The summed E-state index contributed by atoms with van der Waals surface area (Å²) < 4.78 is 69.3. The van der Waals surface area contributed by atoms with Crippen molar-refractivity contribution in [2.45, 2.75) is 24.4 Å². The first-order valence-corrected chi connectivity index (χ1v) is 11.0. The smallest absolute Gasteiger partial charge is 0.422 e. The van der Waals surface area contributed by atoms with Crippen molar-refractivity contribution in [2.75, 3.05) is 32.8 Å². The van der Waals surface area contributed by atoms with Gasteiger partial charge in [-0.15, -0.1) is 0 Å². The number of carbonyl (C=O) groups is 1. The molecule has 1 amide bonds. The number of nitrogens with zero attached hydrogens (tertiary/aromatic N) is 3. The summed E-state index contributed by atoms with van der Waals surface area (Å²) in [6, 6.07) is 9.28. The van der Waals surface area contributed by atoms with E-state index in [9.17, 15) is 26.4 Å². The van der Waals surface area contributed by atoms with Crippen molar-refractivity contribution in [1.29, 1.82) is 0 Å². The number of halogens is 3. The predicted molar refractivity (Wildman–Crippen MR) is 106 cm³/mol. The van der Waals surface area contributed by atoms with E-state index in [1.54, 1.807) is 24.3 Å². The third kappa shape index (κ3) is 5.73. The molecule has 2 aromatic rings. The molecule has 0 N–H and O–H groups in total. The summed E-state index contributed by atoms with van der Waals surface area (Å²) in [5, 5.41) is 0. The van der Waals surface area contributed by atoms with E-state index in [0.717, 1.165) is 5.56 Å². The third-order valence-electron chi connectivity index (χ3n) is 4.77. The van der Waals surface area contributed by atoms with Gasteiger partial charge in [0.25, 0.3) is 5.91 Å². The highest BCUT2D eigenvalue weighted by Gasteiger charge is 2.32.